The molecule has 0 radical (unpaired) electrons. The lowest BCUT2D eigenvalue weighted by molar-refractivity contribution is 0.480. The molecule has 0 unspecified atom stereocenters. The Morgan fingerprint density at radius 3 is 2.19 bits per heavy atom. The SMILES string of the molecule is CCCCCCSC1=C(SCCCCCC)SC(=C2SC=C(c3ccc(-c4ccc(C=Nc5ccc(O)c6ncccc56)s4)s3)S2)S1. The zero-order valence-electron chi connectivity index (χ0n) is 26.5. The van der Waals surface area contributed by atoms with Gasteiger partial charge in [-0.25, -0.2) is 0 Å². The maximum Gasteiger partial charge on any atom is 0.141 e. The van der Waals surface area contributed by atoms with Gasteiger partial charge in [0.2, 0.25) is 0 Å². The molecule has 0 bridgehead atoms. The van der Waals surface area contributed by atoms with Crippen molar-refractivity contribution in [2.75, 3.05) is 11.5 Å². The molecule has 11 heteroatoms. The molecule has 47 heavy (non-hydrogen) atoms. The van der Waals surface area contributed by atoms with E-state index in [2.05, 4.69) is 72.0 Å². The first-order valence-corrected chi connectivity index (χ1v) is 23.0. The van der Waals surface area contributed by atoms with Crippen LogP contribution in [0, 0.1) is 0 Å². The van der Waals surface area contributed by atoms with Crippen LogP contribution in [0.5, 0.6) is 5.75 Å². The van der Waals surface area contributed by atoms with Crippen molar-refractivity contribution in [3.8, 4) is 15.5 Å². The molecule has 0 fully saturated rings. The summed E-state index contributed by atoms with van der Waals surface area (Å²) in [6.45, 7) is 4.58. The Morgan fingerprint density at radius 2 is 1.45 bits per heavy atom. The van der Waals surface area contributed by atoms with E-state index in [1.165, 1.54) is 99.4 Å². The highest BCUT2D eigenvalue weighted by atomic mass is 32.3. The lowest BCUT2D eigenvalue weighted by atomic mass is 10.1. The summed E-state index contributed by atoms with van der Waals surface area (Å²) in [7, 11) is 0. The second-order valence-corrected chi connectivity index (χ2v) is 20.4. The van der Waals surface area contributed by atoms with E-state index >= 15 is 0 Å². The van der Waals surface area contributed by atoms with Crippen molar-refractivity contribution in [2.24, 2.45) is 4.99 Å². The Labute approximate surface area is 312 Å². The molecule has 0 saturated heterocycles. The highest BCUT2D eigenvalue weighted by Gasteiger charge is 2.28. The van der Waals surface area contributed by atoms with Gasteiger partial charge in [-0.05, 0) is 78.3 Å². The van der Waals surface area contributed by atoms with Crippen molar-refractivity contribution >= 4 is 121 Å². The summed E-state index contributed by atoms with van der Waals surface area (Å²) < 4.78 is 5.97. The smallest absolute Gasteiger partial charge is 0.141 e. The number of thioether (sulfide) groups is 6. The van der Waals surface area contributed by atoms with Gasteiger partial charge in [0.15, 0.2) is 0 Å². The van der Waals surface area contributed by atoms with Crippen molar-refractivity contribution in [2.45, 2.75) is 65.2 Å². The van der Waals surface area contributed by atoms with E-state index in [1.54, 1.807) is 23.6 Å². The van der Waals surface area contributed by atoms with Gasteiger partial charge < -0.3 is 5.11 Å². The number of thiophene rings is 2. The van der Waals surface area contributed by atoms with Crippen LogP contribution in [0.25, 0.3) is 25.6 Å². The van der Waals surface area contributed by atoms with Gasteiger partial charge in [0, 0.05) is 42.2 Å². The topological polar surface area (TPSA) is 45.5 Å². The molecule has 3 nitrogen and oxygen atoms in total. The zero-order valence-corrected chi connectivity index (χ0v) is 33.1. The maximum absolute atomic E-state index is 10.2. The number of pyridine rings is 1. The predicted molar refractivity (Wildman–Crippen MR) is 224 cm³/mol. The molecule has 2 aliphatic rings. The van der Waals surface area contributed by atoms with Crippen molar-refractivity contribution < 1.29 is 5.11 Å². The molecule has 2 aliphatic heterocycles. The maximum atomic E-state index is 10.2. The Morgan fingerprint density at radius 1 is 0.745 bits per heavy atom. The Balaban J connectivity index is 1.08. The number of rotatable bonds is 16. The van der Waals surface area contributed by atoms with E-state index in [-0.39, 0.29) is 5.75 Å². The minimum atomic E-state index is 0.176. The average Bonchev–Trinajstić information content (AvgIpc) is 3.91. The van der Waals surface area contributed by atoms with E-state index < -0.39 is 0 Å². The van der Waals surface area contributed by atoms with Gasteiger partial charge in [0.25, 0.3) is 0 Å². The first kappa shape index (κ1) is 35.6. The number of hydrogen-bond donors (Lipinski definition) is 1. The van der Waals surface area contributed by atoms with Crippen molar-refractivity contribution in [1.82, 2.24) is 4.98 Å². The van der Waals surface area contributed by atoms with Crippen LogP contribution in [-0.4, -0.2) is 27.8 Å². The molecule has 3 aromatic heterocycles. The number of unbranched alkanes of at least 4 members (excludes halogenated alkanes) is 6. The molecule has 0 saturated carbocycles. The van der Waals surface area contributed by atoms with Crippen LogP contribution in [0.15, 0.2) is 82.1 Å². The molecule has 0 spiro atoms. The van der Waals surface area contributed by atoms with Crippen molar-refractivity contribution in [3.05, 3.63) is 86.8 Å². The molecule has 1 aromatic carbocycles. The van der Waals surface area contributed by atoms with Crippen LogP contribution in [0.4, 0.5) is 5.69 Å². The lowest BCUT2D eigenvalue weighted by Crippen LogP contribution is -1.83. The molecule has 246 valence electrons. The second-order valence-electron chi connectivity index (χ2n) is 11.0. The van der Waals surface area contributed by atoms with E-state index in [9.17, 15) is 5.11 Å². The summed E-state index contributed by atoms with van der Waals surface area (Å²) in [5, 5.41) is 13.3. The molecule has 0 atom stereocenters. The predicted octanol–water partition coefficient (Wildman–Crippen LogP) is 14.6. The van der Waals surface area contributed by atoms with Crippen molar-refractivity contribution in [3.63, 3.8) is 0 Å². The highest BCUT2D eigenvalue weighted by Crippen LogP contribution is 2.63. The average molecular weight is 771 g/mol. The van der Waals surface area contributed by atoms with Crippen molar-refractivity contribution in [1.29, 1.82) is 0 Å². The molecular formula is C36H38N2OS8. The van der Waals surface area contributed by atoms with Gasteiger partial charge in [0.05, 0.1) is 22.6 Å². The molecular weight excluding hydrogens is 733 g/mol. The van der Waals surface area contributed by atoms with E-state index in [1.807, 2.05) is 82.8 Å². The van der Waals surface area contributed by atoms with Crippen LogP contribution in [0.1, 0.15) is 75.0 Å². The van der Waals surface area contributed by atoms with Crippen LogP contribution in [-0.2, 0) is 0 Å². The summed E-state index contributed by atoms with van der Waals surface area (Å²) in [5.74, 6) is 2.64. The fourth-order valence-electron chi connectivity index (χ4n) is 4.92. The van der Waals surface area contributed by atoms with E-state index in [0.29, 0.717) is 5.52 Å². The molecule has 0 aliphatic carbocycles. The Kier molecular flexibility index (Phi) is 13.8. The Bertz CT molecular complexity index is 1770. The molecule has 4 aromatic rings. The van der Waals surface area contributed by atoms with Crippen LogP contribution in [0.2, 0.25) is 0 Å². The largest absolute Gasteiger partial charge is 0.506 e. The van der Waals surface area contributed by atoms with Crippen LogP contribution < -0.4 is 0 Å². The first-order chi connectivity index (χ1) is 23.1. The van der Waals surface area contributed by atoms with E-state index in [0.717, 1.165) is 16.0 Å². The number of aromatic nitrogens is 1. The molecule has 0 amide bonds. The summed E-state index contributed by atoms with van der Waals surface area (Å²) in [6, 6.07) is 16.2. The number of aromatic hydroxyl groups is 1. The molecule has 5 heterocycles. The summed E-state index contributed by atoms with van der Waals surface area (Å²) in [5.41, 5.74) is 1.38. The quantitative estimate of drug-likeness (QED) is 0.0893. The van der Waals surface area contributed by atoms with Gasteiger partial charge in [-0.15, -0.1) is 46.2 Å². The summed E-state index contributed by atoms with van der Waals surface area (Å²) >= 11 is 15.7. The van der Waals surface area contributed by atoms with E-state index in [4.69, 9.17) is 4.99 Å². The van der Waals surface area contributed by atoms with Gasteiger partial charge >= 0.3 is 0 Å². The minimum Gasteiger partial charge on any atom is -0.506 e. The highest BCUT2D eigenvalue weighted by molar-refractivity contribution is 8.42. The number of phenols is 1. The molecule has 6 rings (SSSR count). The minimum absolute atomic E-state index is 0.176. The number of phenolic OH excluding ortho intramolecular Hbond substituents is 1. The number of hydrogen-bond acceptors (Lipinski definition) is 11. The summed E-state index contributed by atoms with van der Waals surface area (Å²) in [4.78, 5) is 15.4. The Hall–Kier alpha value is -1.18. The number of benzene rings is 1. The first-order valence-electron chi connectivity index (χ1n) is 16.1. The van der Waals surface area contributed by atoms with Crippen LogP contribution in [0.3, 0.4) is 0 Å². The monoisotopic (exact) mass is 770 g/mol. The normalized spacial score (nSPS) is 15.2. The fourth-order valence-corrected chi connectivity index (χ4v) is 15.6. The fraction of sp³-hybridized carbons (Fsp3) is 0.333. The van der Waals surface area contributed by atoms with Gasteiger partial charge in [-0.1, -0.05) is 99.4 Å². The van der Waals surface area contributed by atoms with Crippen LogP contribution >= 0.6 is 93.2 Å². The van der Waals surface area contributed by atoms with Gasteiger partial charge in [0.1, 0.15) is 11.3 Å². The third kappa shape index (κ3) is 9.54. The summed E-state index contributed by atoms with van der Waals surface area (Å²) in [6.07, 6.45) is 14.2. The standard InChI is InChI=1S/C36H38N2OS8/c1-3-5-7-9-20-40-33-34(41-21-10-8-6-4-2)47-36(46-33)35-42-23-31(45-35)30-18-17-29(44-30)28-16-13-24(43-28)22-38-26-14-15-27(39)32-25(26)12-11-19-37-32/h11-19,22-23,39H,3-10,20-21H2,1-2H3. The number of nitrogens with zero attached hydrogens (tertiary/aromatic N) is 2. The zero-order chi connectivity index (χ0) is 32.4. The molecule has 1 N–H and O–H groups in total. The third-order valence-corrected chi connectivity index (χ3v) is 18.5. The number of fused-ring (bicyclic) bond motifs is 1. The second kappa shape index (κ2) is 18.2. The third-order valence-electron chi connectivity index (χ3n) is 7.42. The lowest BCUT2D eigenvalue weighted by Gasteiger charge is -2.05. The van der Waals surface area contributed by atoms with Gasteiger partial charge in [-0.3, -0.25) is 9.98 Å². The number of aliphatic imine (C=N–C) groups is 1. The van der Waals surface area contributed by atoms with Gasteiger partial charge in [-0.2, -0.15) is 0 Å².